The molecule has 1 aliphatic rings. The number of aryl methyl sites for hydroxylation is 1. The normalized spacial score (nSPS) is 16.1. The summed E-state index contributed by atoms with van der Waals surface area (Å²) in [5, 5.41) is 0. The summed E-state index contributed by atoms with van der Waals surface area (Å²) >= 11 is 6.88. The Morgan fingerprint density at radius 2 is 1.96 bits per heavy atom. The van der Waals surface area contributed by atoms with Gasteiger partial charge in [-0.1, -0.05) is 17.7 Å². The summed E-state index contributed by atoms with van der Waals surface area (Å²) in [7, 11) is -3.52. The van der Waals surface area contributed by atoms with Gasteiger partial charge in [-0.2, -0.15) is 4.31 Å². The van der Waals surface area contributed by atoms with Crippen LogP contribution in [-0.4, -0.2) is 54.7 Å². The van der Waals surface area contributed by atoms with E-state index in [2.05, 4.69) is 4.98 Å². The van der Waals surface area contributed by atoms with Crippen molar-refractivity contribution in [2.24, 2.45) is 0 Å². The first-order valence-corrected chi connectivity index (χ1v) is 10.5. The van der Waals surface area contributed by atoms with Gasteiger partial charge in [0.15, 0.2) is 0 Å². The van der Waals surface area contributed by atoms with E-state index in [1.54, 1.807) is 23.4 Å². The van der Waals surface area contributed by atoms with Crippen molar-refractivity contribution in [2.75, 3.05) is 26.2 Å². The van der Waals surface area contributed by atoms with Crippen LogP contribution in [-0.2, 0) is 21.2 Å². The summed E-state index contributed by atoms with van der Waals surface area (Å²) in [6.45, 7) is 1.42. The summed E-state index contributed by atoms with van der Waals surface area (Å²) in [5.41, 5.74) is 1.02. The molecule has 0 aromatic carbocycles. The first-order valence-electron chi connectivity index (χ1n) is 7.89. The minimum absolute atomic E-state index is 0.0417. The molecule has 1 amide bonds. The summed E-state index contributed by atoms with van der Waals surface area (Å²) in [6.07, 6.45) is 4.49. The van der Waals surface area contributed by atoms with Crippen molar-refractivity contribution < 1.29 is 13.2 Å². The van der Waals surface area contributed by atoms with Crippen LogP contribution in [0.3, 0.4) is 0 Å². The first kappa shape index (κ1) is 18.3. The molecule has 25 heavy (non-hydrogen) atoms. The quantitative estimate of drug-likeness (QED) is 0.773. The van der Waals surface area contributed by atoms with Gasteiger partial charge in [0.2, 0.25) is 5.91 Å². The molecule has 0 spiro atoms. The molecule has 0 saturated carbocycles. The Balaban J connectivity index is 1.54. The van der Waals surface area contributed by atoms with E-state index in [1.807, 2.05) is 12.1 Å². The van der Waals surface area contributed by atoms with Gasteiger partial charge in [0.1, 0.15) is 4.21 Å². The topological polar surface area (TPSA) is 70.6 Å². The number of aromatic nitrogens is 1. The number of hydrogen-bond donors (Lipinski definition) is 0. The molecule has 9 heteroatoms. The van der Waals surface area contributed by atoms with Crippen molar-refractivity contribution in [3.8, 4) is 0 Å². The summed E-state index contributed by atoms with van der Waals surface area (Å²) in [5.74, 6) is 0.0417. The molecule has 0 N–H and O–H groups in total. The Labute approximate surface area is 156 Å². The molecule has 0 atom stereocenters. The molecule has 1 saturated heterocycles. The molecule has 3 rings (SSSR count). The van der Waals surface area contributed by atoms with Crippen LogP contribution in [0.4, 0.5) is 0 Å². The average Bonchev–Trinajstić information content (AvgIpc) is 3.08. The standard InChI is InChI=1S/C16H18ClN3O3S2/c17-14-4-6-16(24-14)25(22,23)20-10-8-19(9-11-20)15(21)5-3-13-2-1-7-18-12-13/h1-2,4,6-7,12H,3,5,8-11H2. The Kier molecular flexibility index (Phi) is 5.73. The lowest BCUT2D eigenvalue weighted by Gasteiger charge is -2.33. The van der Waals surface area contributed by atoms with Gasteiger partial charge in [-0.15, -0.1) is 11.3 Å². The fourth-order valence-corrected chi connectivity index (χ4v) is 5.76. The van der Waals surface area contributed by atoms with Crippen molar-refractivity contribution in [2.45, 2.75) is 17.1 Å². The molecule has 1 fully saturated rings. The number of nitrogens with zero attached hydrogens (tertiary/aromatic N) is 3. The van der Waals surface area contributed by atoms with Crippen molar-refractivity contribution in [3.05, 3.63) is 46.6 Å². The third-order valence-electron chi connectivity index (χ3n) is 4.08. The number of carbonyl (C=O) groups excluding carboxylic acids is 1. The minimum atomic E-state index is -3.52. The highest BCUT2D eigenvalue weighted by molar-refractivity contribution is 7.91. The maximum absolute atomic E-state index is 12.6. The zero-order valence-electron chi connectivity index (χ0n) is 13.5. The Morgan fingerprint density at radius 1 is 1.20 bits per heavy atom. The first-order chi connectivity index (χ1) is 12.0. The van der Waals surface area contributed by atoms with Gasteiger partial charge in [0.05, 0.1) is 4.34 Å². The summed E-state index contributed by atoms with van der Waals surface area (Å²) < 4.78 is 27.2. The second-order valence-corrected chi connectivity index (χ2v) is 9.58. The van der Waals surface area contributed by atoms with Crippen molar-refractivity contribution in [1.82, 2.24) is 14.2 Å². The van der Waals surface area contributed by atoms with Crippen molar-refractivity contribution in [1.29, 1.82) is 0 Å². The maximum atomic E-state index is 12.6. The molecule has 6 nitrogen and oxygen atoms in total. The third-order valence-corrected chi connectivity index (χ3v) is 7.68. The molecular weight excluding hydrogens is 382 g/mol. The zero-order valence-corrected chi connectivity index (χ0v) is 15.9. The summed E-state index contributed by atoms with van der Waals surface area (Å²) in [6, 6.07) is 6.89. The average molecular weight is 400 g/mol. The van der Waals surface area contributed by atoms with E-state index in [9.17, 15) is 13.2 Å². The van der Waals surface area contributed by atoms with Gasteiger partial charge in [-0.05, 0) is 30.2 Å². The number of thiophene rings is 1. The van der Waals surface area contributed by atoms with Crippen LogP contribution in [0.1, 0.15) is 12.0 Å². The predicted octanol–water partition coefficient (Wildman–Crippen LogP) is 2.26. The van der Waals surface area contributed by atoms with Crippen LogP contribution >= 0.6 is 22.9 Å². The molecule has 3 heterocycles. The van der Waals surface area contributed by atoms with E-state index in [0.717, 1.165) is 16.9 Å². The number of halogens is 1. The molecule has 1 aliphatic heterocycles. The molecule has 0 radical (unpaired) electrons. The lowest BCUT2D eigenvalue weighted by Crippen LogP contribution is -2.50. The highest BCUT2D eigenvalue weighted by Crippen LogP contribution is 2.28. The predicted molar refractivity (Wildman–Crippen MR) is 97.2 cm³/mol. The second kappa shape index (κ2) is 7.82. The number of piperazine rings is 1. The van der Waals surface area contributed by atoms with Crippen molar-refractivity contribution >= 4 is 38.9 Å². The van der Waals surface area contributed by atoms with Gasteiger partial charge >= 0.3 is 0 Å². The van der Waals surface area contributed by atoms with E-state index >= 15 is 0 Å². The highest BCUT2D eigenvalue weighted by Gasteiger charge is 2.30. The lowest BCUT2D eigenvalue weighted by atomic mass is 10.1. The number of carbonyl (C=O) groups is 1. The maximum Gasteiger partial charge on any atom is 0.252 e. The number of rotatable bonds is 5. The second-order valence-electron chi connectivity index (χ2n) is 5.70. The monoisotopic (exact) mass is 399 g/mol. The highest BCUT2D eigenvalue weighted by atomic mass is 35.5. The molecule has 2 aromatic heterocycles. The molecule has 134 valence electrons. The molecule has 2 aromatic rings. The third kappa shape index (κ3) is 4.38. The van der Waals surface area contributed by atoms with Gasteiger partial charge in [-0.25, -0.2) is 8.42 Å². The fourth-order valence-electron chi connectivity index (χ4n) is 2.70. The van der Waals surface area contributed by atoms with Gasteiger partial charge in [-0.3, -0.25) is 9.78 Å². The van der Waals surface area contributed by atoms with Gasteiger partial charge in [0, 0.05) is 45.0 Å². The van der Waals surface area contributed by atoms with E-state index < -0.39 is 10.0 Å². The largest absolute Gasteiger partial charge is 0.340 e. The summed E-state index contributed by atoms with van der Waals surface area (Å²) in [4.78, 5) is 18.1. The molecular formula is C16H18ClN3O3S2. The smallest absolute Gasteiger partial charge is 0.252 e. The Hall–Kier alpha value is -1.48. The van der Waals surface area contributed by atoms with Crippen LogP contribution in [0.25, 0.3) is 0 Å². The lowest BCUT2D eigenvalue weighted by molar-refractivity contribution is -0.132. The van der Waals surface area contributed by atoms with Crippen LogP contribution in [0, 0.1) is 0 Å². The van der Waals surface area contributed by atoms with E-state index in [1.165, 1.54) is 10.4 Å². The van der Waals surface area contributed by atoms with Gasteiger partial charge in [0.25, 0.3) is 10.0 Å². The number of hydrogen-bond acceptors (Lipinski definition) is 5. The van der Waals surface area contributed by atoms with Crippen LogP contribution in [0.2, 0.25) is 4.34 Å². The van der Waals surface area contributed by atoms with E-state index in [4.69, 9.17) is 11.6 Å². The number of pyridine rings is 1. The SMILES string of the molecule is O=C(CCc1cccnc1)N1CCN(S(=O)(=O)c2ccc(Cl)s2)CC1. The molecule has 0 aliphatic carbocycles. The molecule has 0 unspecified atom stereocenters. The number of amides is 1. The Morgan fingerprint density at radius 3 is 2.56 bits per heavy atom. The number of sulfonamides is 1. The van der Waals surface area contributed by atoms with E-state index in [-0.39, 0.29) is 10.1 Å². The van der Waals surface area contributed by atoms with E-state index in [0.29, 0.717) is 43.4 Å². The van der Waals surface area contributed by atoms with Crippen LogP contribution in [0.15, 0.2) is 40.9 Å². The minimum Gasteiger partial charge on any atom is -0.340 e. The van der Waals surface area contributed by atoms with Crippen LogP contribution < -0.4 is 0 Å². The molecule has 0 bridgehead atoms. The van der Waals surface area contributed by atoms with Gasteiger partial charge < -0.3 is 4.90 Å². The van der Waals surface area contributed by atoms with Crippen LogP contribution in [0.5, 0.6) is 0 Å². The Bertz CT molecular complexity index is 831. The van der Waals surface area contributed by atoms with Crippen molar-refractivity contribution in [3.63, 3.8) is 0 Å². The fraction of sp³-hybridized carbons (Fsp3) is 0.375. The zero-order chi connectivity index (χ0) is 17.9.